The van der Waals surface area contributed by atoms with Crippen LogP contribution in [0.25, 0.3) is 0 Å². The van der Waals surface area contributed by atoms with Crippen LogP contribution in [-0.4, -0.2) is 9.55 Å². The van der Waals surface area contributed by atoms with Crippen molar-refractivity contribution in [3.8, 4) is 0 Å². The van der Waals surface area contributed by atoms with Gasteiger partial charge in [0.25, 0.3) is 0 Å². The van der Waals surface area contributed by atoms with Gasteiger partial charge < -0.3 is 4.57 Å². The summed E-state index contributed by atoms with van der Waals surface area (Å²) >= 11 is 11.1. The Kier molecular flexibility index (Phi) is 4.09. The van der Waals surface area contributed by atoms with Crippen LogP contribution in [0.4, 0.5) is 0 Å². The lowest BCUT2D eigenvalue weighted by Crippen LogP contribution is -1.91. The number of nitrogens with zero attached hydrogens (tertiary/aromatic N) is 2. The summed E-state index contributed by atoms with van der Waals surface area (Å²) in [5, 5.41) is 0.477. The van der Waals surface area contributed by atoms with Crippen molar-refractivity contribution in [1.82, 2.24) is 9.55 Å². The first-order valence-corrected chi connectivity index (χ1v) is 3.39. The Labute approximate surface area is 75.6 Å². The van der Waals surface area contributed by atoms with E-state index < -0.39 is 0 Å². The first-order chi connectivity index (χ1) is 4.25. The van der Waals surface area contributed by atoms with Crippen LogP contribution >= 0.6 is 35.6 Å². The molecule has 10 heavy (non-hydrogen) atoms. The van der Waals surface area contributed by atoms with E-state index in [1.54, 1.807) is 10.8 Å². The van der Waals surface area contributed by atoms with Gasteiger partial charge in [-0.05, 0) is 11.6 Å². The van der Waals surface area contributed by atoms with Crippen LogP contribution in [0.5, 0.6) is 0 Å². The molecule has 1 aromatic heterocycles. The first-order valence-electron chi connectivity index (χ1n) is 2.47. The normalized spacial score (nSPS) is 9.10. The Hall–Kier alpha value is 0.0800. The molecule has 0 fully saturated rings. The molecule has 0 radical (unpaired) electrons. The fraction of sp³-hybridized carbons (Fsp3) is 0.400. The second kappa shape index (κ2) is 4.06. The molecule has 1 aromatic rings. The van der Waals surface area contributed by atoms with Gasteiger partial charge in [-0.3, -0.25) is 0 Å². The molecular weight excluding hydrogens is 194 g/mol. The number of rotatable bonds is 1. The Morgan fingerprint density at radius 3 is 2.50 bits per heavy atom. The molecule has 0 saturated carbocycles. The molecule has 0 saturated heterocycles. The van der Waals surface area contributed by atoms with Crippen molar-refractivity contribution in [2.45, 2.75) is 5.88 Å². The summed E-state index contributed by atoms with van der Waals surface area (Å²) in [6.07, 6.45) is 1.66. The van der Waals surface area contributed by atoms with E-state index in [4.69, 9.17) is 23.2 Å². The summed E-state index contributed by atoms with van der Waals surface area (Å²) in [4.78, 5) is 3.83. The number of aromatic nitrogens is 2. The van der Waals surface area contributed by atoms with Crippen molar-refractivity contribution in [1.29, 1.82) is 0 Å². The highest BCUT2D eigenvalue weighted by Crippen LogP contribution is 2.09. The molecule has 0 bridgehead atoms. The third-order valence-corrected chi connectivity index (χ3v) is 1.79. The second-order valence-electron chi connectivity index (χ2n) is 1.71. The molecule has 1 heterocycles. The minimum Gasteiger partial charge on any atom is -0.321 e. The van der Waals surface area contributed by atoms with E-state index in [0.717, 1.165) is 5.69 Å². The molecule has 1 rings (SSSR count). The minimum atomic E-state index is 0. The van der Waals surface area contributed by atoms with Gasteiger partial charge in [-0.25, -0.2) is 4.98 Å². The lowest BCUT2D eigenvalue weighted by atomic mass is 10.5. The van der Waals surface area contributed by atoms with E-state index in [-0.39, 0.29) is 12.4 Å². The summed E-state index contributed by atoms with van der Waals surface area (Å²) in [5.74, 6) is 0.455. The van der Waals surface area contributed by atoms with Gasteiger partial charge in [0.05, 0.1) is 17.8 Å². The fourth-order valence-corrected chi connectivity index (χ4v) is 0.949. The Balaban J connectivity index is 0.000000810. The molecule has 0 atom stereocenters. The van der Waals surface area contributed by atoms with Crippen LogP contribution in [0, 0.1) is 0 Å². The molecule has 58 valence electrons. The van der Waals surface area contributed by atoms with Gasteiger partial charge in [-0.15, -0.1) is 24.0 Å². The van der Waals surface area contributed by atoms with Gasteiger partial charge in [0.15, 0.2) is 0 Å². The fourth-order valence-electron chi connectivity index (χ4n) is 0.544. The van der Waals surface area contributed by atoms with Gasteiger partial charge in [0, 0.05) is 7.05 Å². The monoisotopic (exact) mass is 200 g/mol. The number of alkyl halides is 1. The number of hydrogen-bond donors (Lipinski definition) is 0. The highest BCUT2D eigenvalue weighted by atomic mass is 35.5. The molecule has 0 N–H and O–H groups in total. The molecule has 0 aliphatic heterocycles. The summed E-state index contributed by atoms with van der Waals surface area (Å²) in [6, 6.07) is 0. The molecule has 0 aliphatic rings. The van der Waals surface area contributed by atoms with E-state index in [1.165, 1.54) is 0 Å². The molecular formula is C5H7Cl3N2. The van der Waals surface area contributed by atoms with Crippen molar-refractivity contribution >= 4 is 35.6 Å². The van der Waals surface area contributed by atoms with E-state index in [9.17, 15) is 0 Å². The van der Waals surface area contributed by atoms with Crippen LogP contribution in [0.2, 0.25) is 5.28 Å². The predicted molar refractivity (Wildman–Crippen MR) is 45.0 cm³/mol. The first kappa shape index (κ1) is 10.1. The molecule has 2 nitrogen and oxygen atoms in total. The zero-order chi connectivity index (χ0) is 6.85. The SMILES string of the molecule is Cl.Cn1c(CCl)cnc1Cl. The number of imidazole rings is 1. The summed E-state index contributed by atoms with van der Waals surface area (Å²) < 4.78 is 1.74. The lowest BCUT2D eigenvalue weighted by molar-refractivity contribution is 0.866. The van der Waals surface area contributed by atoms with Crippen molar-refractivity contribution in [2.75, 3.05) is 0 Å². The Morgan fingerprint density at radius 1 is 1.70 bits per heavy atom. The third-order valence-electron chi connectivity index (χ3n) is 1.16. The maximum Gasteiger partial charge on any atom is 0.202 e. The predicted octanol–water partition coefficient (Wildman–Crippen LogP) is 2.23. The van der Waals surface area contributed by atoms with Gasteiger partial charge >= 0.3 is 0 Å². The largest absolute Gasteiger partial charge is 0.321 e. The Bertz CT molecular complexity index is 209. The molecule has 0 aromatic carbocycles. The van der Waals surface area contributed by atoms with Crippen LogP contribution in [0.1, 0.15) is 5.69 Å². The van der Waals surface area contributed by atoms with Crippen molar-refractivity contribution in [2.24, 2.45) is 7.05 Å². The van der Waals surface area contributed by atoms with Crippen LogP contribution in [-0.2, 0) is 12.9 Å². The van der Waals surface area contributed by atoms with E-state index in [0.29, 0.717) is 11.2 Å². The zero-order valence-corrected chi connectivity index (χ0v) is 7.67. The summed E-state index contributed by atoms with van der Waals surface area (Å²) in [7, 11) is 1.83. The number of halogens is 3. The van der Waals surface area contributed by atoms with Crippen molar-refractivity contribution < 1.29 is 0 Å². The van der Waals surface area contributed by atoms with Crippen molar-refractivity contribution in [3.63, 3.8) is 0 Å². The smallest absolute Gasteiger partial charge is 0.202 e. The lowest BCUT2D eigenvalue weighted by Gasteiger charge is -1.94. The van der Waals surface area contributed by atoms with Gasteiger partial charge in [0.1, 0.15) is 0 Å². The molecule has 5 heteroatoms. The van der Waals surface area contributed by atoms with Crippen molar-refractivity contribution in [3.05, 3.63) is 17.2 Å². The third kappa shape index (κ3) is 1.78. The summed E-state index contributed by atoms with van der Waals surface area (Å²) in [5.41, 5.74) is 0.932. The average molecular weight is 201 g/mol. The second-order valence-corrected chi connectivity index (χ2v) is 2.32. The van der Waals surface area contributed by atoms with E-state index in [2.05, 4.69) is 4.98 Å². The van der Waals surface area contributed by atoms with Crippen LogP contribution < -0.4 is 0 Å². The maximum absolute atomic E-state index is 5.60. The number of hydrogen-bond acceptors (Lipinski definition) is 1. The molecule has 0 aliphatic carbocycles. The molecule has 0 amide bonds. The van der Waals surface area contributed by atoms with Crippen LogP contribution in [0.3, 0.4) is 0 Å². The molecule has 0 unspecified atom stereocenters. The molecule has 0 spiro atoms. The topological polar surface area (TPSA) is 17.8 Å². The minimum absolute atomic E-state index is 0. The Morgan fingerprint density at radius 2 is 2.30 bits per heavy atom. The standard InChI is InChI=1S/C5H6Cl2N2.ClH/c1-9-4(2-6)3-8-5(9)7;/h3H,2H2,1H3;1H. The van der Waals surface area contributed by atoms with E-state index in [1.807, 2.05) is 7.05 Å². The summed E-state index contributed by atoms with van der Waals surface area (Å²) in [6.45, 7) is 0. The van der Waals surface area contributed by atoms with Gasteiger partial charge in [0.2, 0.25) is 5.28 Å². The highest BCUT2D eigenvalue weighted by molar-refractivity contribution is 6.28. The van der Waals surface area contributed by atoms with Gasteiger partial charge in [-0.2, -0.15) is 0 Å². The average Bonchev–Trinajstić information content (AvgIpc) is 2.15. The van der Waals surface area contributed by atoms with E-state index >= 15 is 0 Å². The maximum atomic E-state index is 5.60. The quantitative estimate of drug-likeness (QED) is 0.637. The zero-order valence-electron chi connectivity index (χ0n) is 5.34. The highest BCUT2D eigenvalue weighted by Gasteiger charge is 2.00. The van der Waals surface area contributed by atoms with Gasteiger partial charge in [-0.1, -0.05) is 0 Å². The van der Waals surface area contributed by atoms with Crippen LogP contribution in [0.15, 0.2) is 6.20 Å².